The molecule has 0 aliphatic carbocycles. The molecule has 0 aromatic heterocycles. The standard InChI is InChI=1S/C9H13N3O2S2/c1-2-11-16(13,14)12-8-5-3-7(4-6-8)9(10)15/h3-6,11-12H,2H2,1H3,(H2,10,15). The fraction of sp³-hybridized carbons (Fsp3) is 0.222. The maximum Gasteiger partial charge on any atom is 0.299 e. The minimum atomic E-state index is -3.48. The lowest BCUT2D eigenvalue weighted by Crippen LogP contribution is -2.29. The van der Waals surface area contributed by atoms with Gasteiger partial charge in [0.1, 0.15) is 4.99 Å². The Balaban J connectivity index is 2.80. The second-order valence-electron chi connectivity index (χ2n) is 3.04. The summed E-state index contributed by atoms with van der Waals surface area (Å²) in [6.45, 7) is 2.04. The molecule has 0 amide bonds. The summed E-state index contributed by atoms with van der Waals surface area (Å²) in [5.41, 5.74) is 6.57. The normalized spacial score (nSPS) is 11.1. The fourth-order valence-corrected chi connectivity index (χ4v) is 2.12. The Hall–Kier alpha value is -1.18. The van der Waals surface area contributed by atoms with Gasteiger partial charge in [0, 0.05) is 17.8 Å². The Morgan fingerprint density at radius 2 is 1.94 bits per heavy atom. The Bertz CT molecular complexity index is 468. The molecule has 1 aromatic rings. The van der Waals surface area contributed by atoms with E-state index in [1.165, 1.54) is 0 Å². The molecular formula is C9H13N3O2S2. The molecule has 7 heteroatoms. The first-order valence-corrected chi connectivity index (χ1v) is 6.51. The van der Waals surface area contributed by atoms with E-state index in [1.807, 2.05) is 0 Å². The van der Waals surface area contributed by atoms with Crippen molar-refractivity contribution in [2.75, 3.05) is 11.3 Å². The van der Waals surface area contributed by atoms with Gasteiger partial charge in [-0.25, -0.2) is 0 Å². The van der Waals surface area contributed by atoms with Crippen molar-refractivity contribution in [3.05, 3.63) is 29.8 Å². The molecule has 0 fully saturated rings. The maximum atomic E-state index is 11.3. The van der Waals surface area contributed by atoms with Gasteiger partial charge in [-0.15, -0.1) is 0 Å². The van der Waals surface area contributed by atoms with Crippen molar-refractivity contribution in [2.45, 2.75) is 6.92 Å². The number of benzene rings is 1. The van der Waals surface area contributed by atoms with Gasteiger partial charge in [0.25, 0.3) is 10.2 Å². The number of thiocarbonyl (C=S) groups is 1. The lowest BCUT2D eigenvalue weighted by molar-refractivity contribution is 0.589. The molecule has 16 heavy (non-hydrogen) atoms. The summed E-state index contributed by atoms with van der Waals surface area (Å²) >= 11 is 4.78. The molecule has 1 rings (SSSR count). The highest BCUT2D eigenvalue weighted by Gasteiger charge is 2.07. The third kappa shape index (κ3) is 3.76. The van der Waals surface area contributed by atoms with Crippen LogP contribution in [0.1, 0.15) is 12.5 Å². The number of anilines is 1. The monoisotopic (exact) mass is 259 g/mol. The Morgan fingerprint density at radius 1 is 1.38 bits per heavy atom. The fourth-order valence-electron chi connectivity index (χ4n) is 1.08. The summed E-state index contributed by atoms with van der Waals surface area (Å²) in [5.74, 6) is 0. The van der Waals surface area contributed by atoms with Gasteiger partial charge >= 0.3 is 0 Å². The Labute approximate surface area is 100 Å². The van der Waals surface area contributed by atoms with Crippen LogP contribution in [-0.4, -0.2) is 20.0 Å². The van der Waals surface area contributed by atoms with Gasteiger partial charge in [-0.1, -0.05) is 19.1 Å². The van der Waals surface area contributed by atoms with Crippen LogP contribution in [-0.2, 0) is 10.2 Å². The maximum absolute atomic E-state index is 11.3. The van der Waals surface area contributed by atoms with Gasteiger partial charge in [0.05, 0.1) is 0 Å². The first-order chi connectivity index (χ1) is 7.44. The first kappa shape index (κ1) is 12.9. The summed E-state index contributed by atoms with van der Waals surface area (Å²) in [6.07, 6.45) is 0. The van der Waals surface area contributed by atoms with Crippen LogP contribution in [0.2, 0.25) is 0 Å². The van der Waals surface area contributed by atoms with E-state index in [0.717, 1.165) is 0 Å². The molecule has 4 N–H and O–H groups in total. The molecule has 0 saturated carbocycles. The SMILES string of the molecule is CCNS(=O)(=O)Nc1ccc(C(N)=S)cc1. The van der Waals surface area contributed by atoms with E-state index in [9.17, 15) is 8.42 Å². The van der Waals surface area contributed by atoms with Gasteiger partial charge in [-0.2, -0.15) is 13.1 Å². The molecule has 0 radical (unpaired) electrons. The van der Waals surface area contributed by atoms with Crippen LogP contribution in [0.25, 0.3) is 0 Å². The van der Waals surface area contributed by atoms with Gasteiger partial charge < -0.3 is 5.73 Å². The van der Waals surface area contributed by atoms with Crippen LogP contribution in [0.4, 0.5) is 5.69 Å². The predicted octanol–water partition coefficient (Wildman–Crippen LogP) is 0.587. The van der Waals surface area contributed by atoms with Crippen LogP contribution >= 0.6 is 12.2 Å². The molecule has 0 aliphatic rings. The van der Waals surface area contributed by atoms with E-state index in [0.29, 0.717) is 17.8 Å². The molecule has 0 bridgehead atoms. The molecule has 0 saturated heterocycles. The van der Waals surface area contributed by atoms with Crippen molar-refractivity contribution >= 4 is 33.1 Å². The van der Waals surface area contributed by atoms with E-state index in [2.05, 4.69) is 9.44 Å². The summed E-state index contributed by atoms with van der Waals surface area (Å²) < 4.78 is 27.4. The molecule has 0 atom stereocenters. The van der Waals surface area contributed by atoms with E-state index in [-0.39, 0.29) is 4.99 Å². The van der Waals surface area contributed by atoms with Crippen molar-refractivity contribution in [1.29, 1.82) is 0 Å². The smallest absolute Gasteiger partial charge is 0.299 e. The molecule has 0 unspecified atom stereocenters. The lowest BCUT2D eigenvalue weighted by Gasteiger charge is -2.08. The zero-order valence-electron chi connectivity index (χ0n) is 8.73. The molecule has 0 aliphatic heterocycles. The van der Waals surface area contributed by atoms with E-state index >= 15 is 0 Å². The van der Waals surface area contributed by atoms with Crippen molar-refractivity contribution in [3.8, 4) is 0 Å². The van der Waals surface area contributed by atoms with Crippen molar-refractivity contribution in [2.24, 2.45) is 5.73 Å². The van der Waals surface area contributed by atoms with E-state index in [4.69, 9.17) is 18.0 Å². The van der Waals surface area contributed by atoms with Crippen LogP contribution in [0.5, 0.6) is 0 Å². The van der Waals surface area contributed by atoms with Crippen LogP contribution in [0.3, 0.4) is 0 Å². The average Bonchev–Trinajstić information content (AvgIpc) is 2.17. The van der Waals surface area contributed by atoms with Crippen LogP contribution < -0.4 is 15.2 Å². The molecule has 1 aromatic carbocycles. The number of nitrogens with one attached hydrogen (secondary N) is 2. The number of hydrogen-bond acceptors (Lipinski definition) is 3. The Morgan fingerprint density at radius 3 is 2.38 bits per heavy atom. The summed E-state index contributed by atoms with van der Waals surface area (Å²) in [4.78, 5) is 0.279. The number of hydrogen-bond donors (Lipinski definition) is 3. The second-order valence-corrected chi connectivity index (χ2v) is 4.98. The third-order valence-electron chi connectivity index (χ3n) is 1.76. The molecule has 5 nitrogen and oxygen atoms in total. The van der Waals surface area contributed by atoms with Crippen molar-refractivity contribution in [1.82, 2.24) is 4.72 Å². The zero-order chi connectivity index (χ0) is 12.2. The topological polar surface area (TPSA) is 84.2 Å². The predicted molar refractivity (Wildman–Crippen MR) is 68.5 cm³/mol. The minimum absolute atomic E-state index is 0.279. The summed E-state index contributed by atoms with van der Waals surface area (Å²) in [6, 6.07) is 6.52. The zero-order valence-corrected chi connectivity index (χ0v) is 10.4. The highest BCUT2D eigenvalue weighted by Crippen LogP contribution is 2.10. The van der Waals surface area contributed by atoms with Gasteiger partial charge in [0.15, 0.2) is 0 Å². The number of nitrogens with two attached hydrogens (primary N) is 1. The van der Waals surface area contributed by atoms with Crippen LogP contribution in [0.15, 0.2) is 24.3 Å². The Kier molecular flexibility index (Phi) is 4.22. The molecule has 88 valence electrons. The second kappa shape index (κ2) is 5.24. The average molecular weight is 259 g/mol. The lowest BCUT2D eigenvalue weighted by atomic mass is 10.2. The summed E-state index contributed by atoms with van der Waals surface area (Å²) in [7, 11) is -3.48. The van der Waals surface area contributed by atoms with E-state index in [1.54, 1.807) is 31.2 Å². The quantitative estimate of drug-likeness (QED) is 0.676. The van der Waals surface area contributed by atoms with E-state index < -0.39 is 10.2 Å². The minimum Gasteiger partial charge on any atom is -0.389 e. The molecular weight excluding hydrogens is 246 g/mol. The van der Waals surface area contributed by atoms with Crippen LogP contribution in [0, 0.1) is 0 Å². The summed E-state index contributed by atoms with van der Waals surface area (Å²) in [5, 5.41) is 0. The first-order valence-electron chi connectivity index (χ1n) is 4.62. The highest BCUT2D eigenvalue weighted by molar-refractivity contribution is 7.90. The van der Waals surface area contributed by atoms with Crippen molar-refractivity contribution < 1.29 is 8.42 Å². The van der Waals surface area contributed by atoms with Gasteiger partial charge in [-0.3, -0.25) is 4.72 Å². The van der Waals surface area contributed by atoms with Gasteiger partial charge in [0.2, 0.25) is 0 Å². The number of rotatable bonds is 5. The van der Waals surface area contributed by atoms with Gasteiger partial charge in [-0.05, 0) is 24.3 Å². The van der Waals surface area contributed by atoms with Crippen molar-refractivity contribution in [3.63, 3.8) is 0 Å². The highest BCUT2D eigenvalue weighted by atomic mass is 32.2. The molecule has 0 spiro atoms. The molecule has 0 heterocycles. The largest absolute Gasteiger partial charge is 0.389 e. The third-order valence-corrected chi connectivity index (χ3v) is 3.16.